The van der Waals surface area contributed by atoms with E-state index in [0.29, 0.717) is 24.9 Å². The molecule has 3 aromatic heterocycles. The second-order valence-corrected chi connectivity index (χ2v) is 7.97. The number of hydrogen-bond acceptors (Lipinski definition) is 7. The highest BCUT2D eigenvalue weighted by molar-refractivity contribution is 7.15. The van der Waals surface area contributed by atoms with Gasteiger partial charge in [-0.05, 0) is 48.9 Å². The molecule has 1 aliphatic rings. The van der Waals surface area contributed by atoms with Crippen LogP contribution in [0.15, 0.2) is 35.0 Å². The highest BCUT2D eigenvalue weighted by Crippen LogP contribution is 2.35. The lowest BCUT2D eigenvalue weighted by atomic mass is 9.99. The molecule has 1 aliphatic carbocycles. The van der Waals surface area contributed by atoms with Gasteiger partial charge in [0, 0.05) is 37.5 Å². The van der Waals surface area contributed by atoms with Gasteiger partial charge >= 0.3 is 0 Å². The van der Waals surface area contributed by atoms with Crippen molar-refractivity contribution >= 4 is 11.3 Å². The molecule has 0 saturated carbocycles. The van der Waals surface area contributed by atoms with Crippen molar-refractivity contribution < 1.29 is 9.15 Å². The molecule has 6 nitrogen and oxygen atoms in total. The molecule has 27 heavy (non-hydrogen) atoms. The molecule has 0 radical (unpaired) electrons. The number of fused-ring (bicyclic) bond motifs is 1. The van der Waals surface area contributed by atoms with Gasteiger partial charge in [0.1, 0.15) is 0 Å². The SMILES string of the molecule is COCCN(Cc1cccnc1)Cc1nnc(-c2cc3c(s2)CCCC3)o1. The molecule has 4 rings (SSSR count). The van der Waals surface area contributed by atoms with Gasteiger partial charge in [0.25, 0.3) is 5.89 Å². The molecule has 0 atom stereocenters. The lowest BCUT2D eigenvalue weighted by Gasteiger charge is -2.19. The molecule has 0 unspecified atom stereocenters. The number of hydrogen-bond donors (Lipinski definition) is 0. The maximum absolute atomic E-state index is 5.99. The first-order valence-corrected chi connectivity index (χ1v) is 10.2. The molecule has 0 amide bonds. The van der Waals surface area contributed by atoms with Crippen molar-refractivity contribution in [1.29, 1.82) is 0 Å². The van der Waals surface area contributed by atoms with E-state index in [1.807, 2.05) is 12.3 Å². The highest BCUT2D eigenvalue weighted by Gasteiger charge is 2.18. The molecule has 142 valence electrons. The van der Waals surface area contributed by atoms with Crippen molar-refractivity contribution in [3.8, 4) is 10.8 Å². The minimum Gasteiger partial charge on any atom is -0.419 e. The Morgan fingerprint density at radius 1 is 1.22 bits per heavy atom. The van der Waals surface area contributed by atoms with Crippen LogP contribution in [0.4, 0.5) is 0 Å². The predicted octanol–water partition coefficient (Wildman–Crippen LogP) is 3.72. The summed E-state index contributed by atoms with van der Waals surface area (Å²) in [6.07, 6.45) is 8.58. The lowest BCUT2D eigenvalue weighted by Crippen LogP contribution is -2.26. The van der Waals surface area contributed by atoms with E-state index in [2.05, 4.69) is 32.2 Å². The van der Waals surface area contributed by atoms with Crippen LogP contribution in [0.2, 0.25) is 0 Å². The molecule has 0 N–H and O–H groups in total. The maximum Gasteiger partial charge on any atom is 0.257 e. The van der Waals surface area contributed by atoms with Crippen molar-refractivity contribution in [2.45, 2.75) is 38.8 Å². The maximum atomic E-state index is 5.99. The van der Waals surface area contributed by atoms with Gasteiger partial charge in [-0.1, -0.05) is 6.07 Å². The van der Waals surface area contributed by atoms with Gasteiger partial charge in [-0.2, -0.15) is 0 Å². The largest absolute Gasteiger partial charge is 0.419 e. The fourth-order valence-electron chi connectivity index (χ4n) is 3.39. The molecule has 3 aromatic rings. The number of aromatic nitrogens is 3. The van der Waals surface area contributed by atoms with E-state index < -0.39 is 0 Å². The molecule has 0 fully saturated rings. The van der Waals surface area contributed by atoms with Crippen molar-refractivity contribution in [3.63, 3.8) is 0 Å². The van der Waals surface area contributed by atoms with E-state index in [4.69, 9.17) is 9.15 Å². The Bertz CT molecular complexity index is 839. The minimum absolute atomic E-state index is 0.594. The second-order valence-electron chi connectivity index (χ2n) is 6.83. The minimum atomic E-state index is 0.594. The number of aryl methyl sites for hydroxylation is 2. The summed E-state index contributed by atoms with van der Waals surface area (Å²) in [5.41, 5.74) is 2.61. The normalized spacial score (nSPS) is 13.9. The highest BCUT2D eigenvalue weighted by atomic mass is 32.1. The number of thiophene rings is 1. The zero-order valence-electron chi connectivity index (χ0n) is 15.6. The topological polar surface area (TPSA) is 64.3 Å². The van der Waals surface area contributed by atoms with E-state index >= 15 is 0 Å². The number of pyridine rings is 1. The standard InChI is InChI=1S/C20H24N4O2S/c1-25-10-9-24(13-15-5-4-8-21-12-15)14-19-22-23-20(26-19)18-11-16-6-2-3-7-17(16)27-18/h4-5,8,11-12H,2-3,6-7,9-10,13-14H2,1H3. The van der Waals surface area contributed by atoms with Gasteiger partial charge in [-0.25, -0.2) is 0 Å². The Morgan fingerprint density at radius 2 is 2.15 bits per heavy atom. The molecule has 0 saturated heterocycles. The Hall–Kier alpha value is -2.09. The van der Waals surface area contributed by atoms with Gasteiger partial charge in [0.2, 0.25) is 5.89 Å². The zero-order chi connectivity index (χ0) is 18.5. The van der Waals surface area contributed by atoms with Crippen LogP contribution in [-0.2, 0) is 30.7 Å². The predicted molar refractivity (Wildman–Crippen MR) is 104 cm³/mol. The zero-order valence-corrected chi connectivity index (χ0v) is 16.4. The molecular formula is C20H24N4O2S. The number of nitrogens with zero attached hydrogens (tertiary/aromatic N) is 4. The van der Waals surface area contributed by atoms with E-state index in [9.17, 15) is 0 Å². The Morgan fingerprint density at radius 3 is 2.96 bits per heavy atom. The van der Waals surface area contributed by atoms with Crippen LogP contribution in [-0.4, -0.2) is 40.3 Å². The molecule has 0 bridgehead atoms. The number of rotatable bonds is 8. The first-order chi connectivity index (χ1) is 13.3. The Kier molecular flexibility index (Phi) is 5.91. The van der Waals surface area contributed by atoms with Crippen LogP contribution in [0.3, 0.4) is 0 Å². The molecule has 7 heteroatoms. The van der Waals surface area contributed by atoms with E-state index in [-0.39, 0.29) is 0 Å². The third-order valence-corrected chi connectivity index (χ3v) is 6.00. The summed E-state index contributed by atoms with van der Waals surface area (Å²) < 4.78 is 11.2. The fourth-order valence-corrected chi connectivity index (χ4v) is 4.56. The molecule has 0 aliphatic heterocycles. The molecule has 0 aromatic carbocycles. The van der Waals surface area contributed by atoms with E-state index in [1.165, 1.54) is 36.1 Å². The summed E-state index contributed by atoms with van der Waals surface area (Å²) >= 11 is 1.80. The first-order valence-electron chi connectivity index (χ1n) is 9.36. The summed E-state index contributed by atoms with van der Waals surface area (Å²) in [6, 6.07) is 6.25. The van der Waals surface area contributed by atoms with Crippen molar-refractivity contribution in [3.05, 3.63) is 52.5 Å². The van der Waals surface area contributed by atoms with Crippen molar-refractivity contribution in [2.75, 3.05) is 20.3 Å². The summed E-state index contributed by atoms with van der Waals surface area (Å²) in [5, 5.41) is 8.57. The summed E-state index contributed by atoms with van der Waals surface area (Å²) in [5.74, 6) is 1.27. The van der Waals surface area contributed by atoms with Gasteiger partial charge < -0.3 is 9.15 Å². The average molecular weight is 385 g/mol. The van der Waals surface area contributed by atoms with E-state index in [0.717, 1.165) is 23.5 Å². The van der Waals surface area contributed by atoms with Crippen LogP contribution >= 0.6 is 11.3 Å². The smallest absolute Gasteiger partial charge is 0.257 e. The Balaban J connectivity index is 1.46. The summed E-state index contributed by atoms with van der Waals surface area (Å²) in [6.45, 7) is 2.80. The average Bonchev–Trinajstić information content (AvgIpc) is 3.33. The summed E-state index contributed by atoms with van der Waals surface area (Å²) in [7, 11) is 1.71. The first kappa shape index (κ1) is 18.3. The van der Waals surface area contributed by atoms with Crippen LogP contribution in [0.25, 0.3) is 10.8 Å². The third kappa shape index (κ3) is 4.61. The number of methoxy groups -OCH3 is 1. The lowest BCUT2D eigenvalue weighted by molar-refractivity contribution is 0.134. The quantitative estimate of drug-likeness (QED) is 0.590. The van der Waals surface area contributed by atoms with Gasteiger partial charge in [0.15, 0.2) is 0 Å². The van der Waals surface area contributed by atoms with Crippen LogP contribution in [0.1, 0.15) is 34.7 Å². The van der Waals surface area contributed by atoms with Crippen LogP contribution in [0, 0.1) is 0 Å². The summed E-state index contributed by atoms with van der Waals surface area (Å²) in [4.78, 5) is 9.00. The third-order valence-electron chi connectivity index (χ3n) is 4.77. The van der Waals surface area contributed by atoms with Gasteiger partial charge in [-0.3, -0.25) is 9.88 Å². The number of ether oxygens (including phenoxy) is 1. The Labute approximate surface area is 163 Å². The van der Waals surface area contributed by atoms with Crippen LogP contribution in [0.5, 0.6) is 0 Å². The van der Waals surface area contributed by atoms with Crippen molar-refractivity contribution in [2.24, 2.45) is 0 Å². The van der Waals surface area contributed by atoms with Crippen LogP contribution < -0.4 is 0 Å². The fraction of sp³-hybridized carbons (Fsp3) is 0.450. The van der Waals surface area contributed by atoms with Crippen molar-refractivity contribution in [1.82, 2.24) is 20.1 Å². The monoisotopic (exact) mass is 384 g/mol. The van der Waals surface area contributed by atoms with E-state index in [1.54, 1.807) is 24.6 Å². The molecule has 3 heterocycles. The second kappa shape index (κ2) is 8.73. The molecular weight excluding hydrogens is 360 g/mol. The van der Waals surface area contributed by atoms with Gasteiger partial charge in [-0.15, -0.1) is 21.5 Å². The van der Waals surface area contributed by atoms with Gasteiger partial charge in [0.05, 0.1) is 18.0 Å². The molecule has 0 spiro atoms.